The van der Waals surface area contributed by atoms with Crippen LogP contribution in [0.25, 0.3) is 22.2 Å². The number of aliphatic hydroxyl groups is 1. The standard InChI is InChI=1S/C30H38N4O2S/c1-19-22-16-34-26-15-23(33(3)18-31-37-30(32-19)20(2)35)13-14-24(26)28(21-9-5-4-6-10-21)29(34)25-11-7-8-12-27(25)36-17-22/h7-8,11-15,19-22,31,35H,4-6,9-10,16-18H2,1-3H3/t19?,20?,22-/m0/s1. The van der Waals surface area contributed by atoms with Crippen molar-refractivity contribution in [3.05, 3.63) is 48.0 Å². The van der Waals surface area contributed by atoms with Gasteiger partial charge in [0.1, 0.15) is 16.9 Å². The minimum atomic E-state index is -0.626. The van der Waals surface area contributed by atoms with E-state index in [1.165, 1.54) is 77.5 Å². The summed E-state index contributed by atoms with van der Waals surface area (Å²) in [7, 11) is 2.11. The molecule has 2 unspecified atom stereocenters. The van der Waals surface area contributed by atoms with Crippen molar-refractivity contribution in [2.45, 2.75) is 70.6 Å². The molecule has 3 aromatic rings. The van der Waals surface area contributed by atoms with Gasteiger partial charge in [-0.1, -0.05) is 37.5 Å². The van der Waals surface area contributed by atoms with Crippen LogP contribution in [0.15, 0.2) is 47.5 Å². The van der Waals surface area contributed by atoms with E-state index < -0.39 is 6.10 Å². The summed E-state index contributed by atoms with van der Waals surface area (Å²) in [6, 6.07) is 15.6. The quantitative estimate of drug-likeness (QED) is 0.397. The topological polar surface area (TPSA) is 62.0 Å². The average Bonchev–Trinajstić information content (AvgIpc) is 3.21. The van der Waals surface area contributed by atoms with Crippen molar-refractivity contribution < 1.29 is 9.84 Å². The zero-order valence-electron chi connectivity index (χ0n) is 22.1. The van der Waals surface area contributed by atoms with E-state index in [9.17, 15) is 5.11 Å². The molecule has 37 heavy (non-hydrogen) atoms. The first-order valence-corrected chi connectivity index (χ1v) is 14.6. The number of hydrogen-bond donors (Lipinski definition) is 2. The van der Waals surface area contributed by atoms with Crippen LogP contribution in [0.1, 0.15) is 57.4 Å². The van der Waals surface area contributed by atoms with Gasteiger partial charge in [0, 0.05) is 36.1 Å². The van der Waals surface area contributed by atoms with Gasteiger partial charge >= 0.3 is 0 Å². The van der Waals surface area contributed by atoms with E-state index in [2.05, 4.69) is 70.6 Å². The molecule has 3 heterocycles. The van der Waals surface area contributed by atoms with Gasteiger partial charge in [0.15, 0.2) is 0 Å². The van der Waals surface area contributed by atoms with Gasteiger partial charge < -0.3 is 19.3 Å². The first-order valence-electron chi connectivity index (χ1n) is 13.8. The second kappa shape index (κ2) is 10.4. The number of fused-ring (bicyclic) bond motifs is 4. The molecule has 2 aliphatic heterocycles. The molecular weight excluding hydrogens is 480 g/mol. The van der Waals surface area contributed by atoms with Crippen molar-refractivity contribution in [3.63, 3.8) is 0 Å². The van der Waals surface area contributed by atoms with Crippen LogP contribution in [0.2, 0.25) is 0 Å². The molecule has 7 heteroatoms. The molecule has 1 aliphatic carbocycles. The van der Waals surface area contributed by atoms with Crippen molar-refractivity contribution in [2.75, 3.05) is 25.2 Å². The molecule has 3 atom stereocenters. The lowest BCUT2D eigenvalue weighted by atomic mass is 9.81. The molecule has 1 fully saturated rings. The van der Waals surface area contributed by atoms with E-state index >= 15 is 0 Å². The van der Waals surface area contributed by atoms with Crippen molar-refractivity contribution in [3.8, 4) is 17.0 Å². The van der Waals surface area contributed by atoms with E-state index in [0.717, 1.165) is 17.3 Å². The van der Waals surface area contributed by atoms with Crippen LogP contribution in [0.4, 0.5) is 5.69 Å². The fraction of sp³-hybridized carbons (Fsp3) is 0.500. The Hall–Kier alpha value is -2.48. The smallest absolute Gasteiger partial charge is 0.128 e. The highest BCUT2D eigenvalue weighted by atomic mass is 32.2. The normalized spacial score (nSPS) is 23.8. The maximum absolute atomic E-state index is 10.5. The average molecular weight is 519 g/mol. The Labute approximate surface area is 224 Å². The lowest BCUT2D eigenvalue weighted by molar-refractivity contribution is 0.210. The maximum Gasteiger partial charge on any atom is 0.128 e. The van der Waals surface area contributed by atoms with E-state index in [-0.39, 0.29) is 12.0 Å². The number of nitrogens with zero attached hydrogens (tertiary/aromatic N) is 3. The van der Waals surface area contributed by atoms with Crippen LogP contribution >= 0.6 is 11.9 Å². The van der Waals surface area contributed by atoms with Crippen LogP contribution in [-0.2, 0) is 6.54 Å². The Morgan fingerprint density at radius 2 is 1.95 bits per heavy atom. The summed E-state index contributed by atoms with van der Waals surface area (Å²) in [5, 5.41) is 12.6. The molecule has 0 spiro atoms. The molecule has 4 bridgehead atoms. The van der Waals surface area contributed by atoms with E-state index in [0.29, 0.717) is 19.2 Å². The zero-order chi connectivity index (χ0) is 25.5. The Kier molecular flexibility index (Phi) is 6.95. The van der Waals surface area contributed by atoms with Crippen molar-refractivity contribution in [2.24, 2.45) is 10.9 Å². The summed E-state index contributed by atoms with van der Waals surface area (Å²) in [4.78, 5) is 7.25. The molecule has 1 aromatic heterocycles. The lowest BCUT2D eigenvalue weighted by Crippen LogP contribution is -2.32. The molecule has 6 rings (SSSR count). The SMILES string of the molecule is CC(O)C1=NC(C)[C@@H]2COc3ccccc3-c3c(C4CCCCC4)c4ccc(cc4n3C2)N(C)CNS1. The molecule has 196 valence electrons. The number of aromatic nitrogens is 1. The van der Waals surface area contributed by atoms with Crippen molar-refractivity contribution >= 4 is 33.6 Å². The minimum absolute atomic E-state index is 0.00532. The Balaban J connectivity index is 1.62. The van der Waals surface area contributed by atoms with Crippen molar-refractivity contribution in [1.29, 1.82) is 0 Å². The fourth-order valence-electron chi connectivity index (χ4n) is 6.27. The van der Waals surface area contributed by atoms with Gasteiger partial charge in [-0.3, -0.25) is 4.99 Å². The van der Waals surface area contributed by atoms with Gasteiger partial charge in [-0.15, -0.1) is 0 Å². The summed E-state index contributed by atoms with van der Waals surface area (Å²) < 4.78 is 12.5. The highest BCUT2D eigenvalue weighted by Gasteiger charge is 2.32. The molecule has 6 nitrogen and oxygen atoms in total. The highest BCUT2D eigenvalue weighted by Crippen LogP contribution is 2.47. The van der Waals surface area contributed by atoms with Crippen LogP contribution in [0.3, 0.4) is 0 Å². The Morgan fingerprint density at radius 3 is 2.76 bits per heavy atom. The third-order valence-electron chi connectivity index (χ3n) is 8.40. The summed E-state index contributed by atoms with van der Waals surface area (Å²) in [5.41, 5.74) is 6.52. The van der Waals surface area contributed by atoms with Gasteiger partial charge in [0.2, 0.25) is 0 Å². The Morgan fingerprint density at radius 1 is 1.14 bits per heavy atom. The number of aliphatic hydroxyl groups excluding tert-OH is 1. The number of nitrogens with one attached hydrogen (secondary N) is 1. The molecule has 2 N–H and O–H groups in total. The second-order valence-corrected chi connectivity index (χ2v) is 11.9. The van der Waals surface area contributed by atoms with Crippen LogP contribution in [0.5, 0.6) is 5.75 Å². The van der Waals surface area contributed by atoms with Crippen molar-refractivity contribution in [1.82, 2.24) is 9.29 Å². The molecule has 2 aromatic carbocycles. The van der Waals surface area contributed by atoms with Gasteiger partial charge in [-0.2, -0.15) is 0 Å². The number of rotatable bonds is 2. The number of anilines is 1. The maximum atomic E-state index is 10.5. The first kappa shape index (κ1) is 24.8. The molecule has 3 aliphatic rings. The number of benzene rings is 2. The van der Waals surface area contributed by atoms with Crippen LogP contribution < -0.4 is 14.4 Å². The van der Waals surface area contributed by atoms with E-state index in [1.807, 2.05) is 0 Å². The fourth-order valence-corrected chi connectivity index (χ4v) is 7.07. The first-order chi connectivity index (χ1) is 18.0. The number of ether oxygens (including phenoxy) is 1. The minimum Gasteiger partial charge on any atom is -0.492 e. The molecule has 1 saturated carbocycles. The monoisotopic (exact) mass is 518 g/mol. The summed E-state index contributed by atoms with van der Waals surface area (Å²) in [5.74, 6) is 1.69. The summed E-state index contributed by atoms with van der Waals surface area (Å²) in [6.45, 7) is 6.02. The van der Waals surface area contributed by atoms with Gasteiger partial charge in [-0.25, -0.2) is 4.72 Å². The van der Waals surface area contributed by atoms with Gasteiger partial charge in [-0.05, 0) is 74.4 Å². The predicted molar refractivity (Wildman–Crippen MR) is 155 cm³/mol. The molecular formula is C30H38N4O2S. The number of hydrogen-bond acceptors (Lipinski definition) is 6. The zero-order valence-corrected chi connectivity index (χ0v) is 22.9. The van der Waals surface area contributed by atoms with Crippen LogP contribution in [0, 0.1) is 5.92 Å². The van der Waals surface area contributed by atoms with Gasteiger partial charge in [0.25, 0.3) is 0 Å². The lowest BCUT2D eigenvalue weighted by Gasteiger charge is -2.29. The highest BCUT2D eigenvalue weighted by molar-refractivity contribution is 8.12. The van der Waals surface area contributed by atoms with E-state index in [4.69, 9.17) is 9.73 Å². The van der Waals surface area contributed by atoms with Crippen LogP contribution in [-0.4, -0.2) is 47.2 Å². The second-order valence-electron chi connectivity index (χ2n) is 11.0. The predicted octanol–water partition coefficient (Wildman–Crippen LogP) is 6.18. The summed E-state index contributed by atoms with van der Waals surface area (Å²) >= 11 is 1.43. The van der Waals surface area contributed by atoms with Gasteiger partial charge in [0.05, 0.1) is 30.5 Å². The third kappa shape index (κ3) is 4.66. The largest absolute Gasteiger partial charge is 0.492 e. The molecule has 0 saturated heterocycles. The molecule has 0 radical (unpaired) electrons. The summed E-state index contributed by atoms with van der Waals surface area (Å²) in [6.07, 6.45) is 5.82. The van der Waals surface area contributed by atoms with E-state index in [1.54, 1.807) is 6.92 Å². The Bertz CT molecular complexity index is 1310. The third-order valence-corrected chi connectivity index (χ3v) is 9.33. The number of para-hydroxylation sites is 1. The molecule has 0 amide bonds. The number of aliphatic imine (C=N–C) groups is 1.